The molecule has 0 radical (unpaired) electrons. The lowest BCUT2D eigenvalue weighted by molar-refractivity contribution is -0.147. The molecule has 1 aromatic carbocycles. The Labute approximate surface area is 183 Å². The number of benzene rings is 1. The molecule has 168 valence electrons. The SMILES string of the molecule is CC(=O)O[Si](CCCO[C@H]1CC[C@H](c2ccc(C#N)cc2)CC1)(OC(C)=O)OC(C)=O. The van der Waals surface area contributed by atoms with Gasteiger partial charge in [-0.2, -0.15) is 5.26 Å². The lowest BCUT2D eigenvalue weighted by atomic mass is 9.82. The third-order valence-corrected chi connectivity index (χ3v) is 7.83. The monoisotopic (exact) mass is 447 g/mol. The molecule has 0 bridgehead atoms. The van der Waals surface area contributed by atoms with Gasteiger partial charge in [-0.15, -0.1) is 0 Å². The summed E-state index contributed by atoms with van der Waals surface area (Å²) in [5.41, 5.74) is 1.91. The first-order valence-corrected chi connectivity index (χ1v) is 12.4. The van der Waals surface area contributed by atoms with Crippen LogP contribution in [0.4, 0.5) is 0 Å². The molecule has 1 fully saturated rings. The summed E-state index contributed by atoms with van der Waals surface area (Å²) in [7, 11) is -3.79. The van der Waals surface area contributed by atoms with Crippen LogP contribution in [-0.2, 0) is 32.4 Å². The number of hydrogen-bond acceptors (Lipinski definition) is 8. The maximum Gasteiger partial charge on any atom is 0.705 e. The number of carbonyl (C=O) groups excluding carboxylic acids is 3. The maximum absolute atomic E-state index is 11.5. The first-order valence-electron chi connectivity index (χ1n) is 10.4. The van der Waals surface area contributed by atoms with Gasteiger partial charge in [-0.25, -0.2) is 0 Å². The highest BCUT2D eigenvalue weighted by Crippen LogP contribution is 2.34. The lowest BCUT2D eigenvalue weighted by Gasteiger charge is -2.29. The summed E-state index contributed by atoms with van der Waals surface area (Å²) in [6, 6.07) is 10.00. The van der Waals surface area contributed by atoms with Gasteiger partial charge in [0, 0.05) is 27.4 Å². The van der Waals surface area contributed by atoms with Gasteiger partial charge < -0.3 is 18.0 Å². The topological polar surface area (TPSA) is 112 Å². The summed E-state index contributed by atoms with van der Waals surface area (Å²) in [5.74, 6) is -1.55. The standard InChI is InChI=1S/C22H29NO7Si/c1-16(24)28-31(29-17(2)25,30-18(3)26)14-4-13-27-22-11-9-21(10-12-22)20-7-5-19(15-23)6-8-20/h5-8,21-22H,4,9-14H2,1-3H3/t21-,22-. The zero-order chi connectivity index (χ0) is 22.9. The minimum absolute atomic E-state index is 0.117. The zero-order valence-corrected chi connectivity index (χ0v) is 19.2. The molecule has 0 saturated heterocycles. The highest BCUT2D eigenvalue weighted by Gasteiger charge is 2.51. The Hall–Kier alpha value is -2.70. The van der Waals surface area contributed by atoms with Crippen molar-refractivity contribution in [2.75, 3.05) is 6.61 Å². The van der Waals surface area contributed by atoms with E-state index in [0.717, 1.165) is 25.7 Å². The van der Waals surface area contributed by atoms with E-state index >= 15 is 0 Å². The number of hydrogen-bond donors (Lipinski definition) is 0. The fraction of sp³-hybridized carbons (Fsp3) is 0.545. The van der Waals surface area contributed by atoms with Gasteiger partial charge in [-0.1, -0.05) is 12.1 Å². The van der Waals surface area contributed by atoms with Gasteiger partial charge in [-0.3, -0.25) is 14.4 Å². The molecule has 0 unspecified atom stereocenters. The molecular formula is C22H29NO7Si. The molecule has 1 aliphatic rings. The van der Waals surface area contributed by atoms with Crippen molar-refractivity contribution >= 4 is 26.7 Å². The summed E-state index contributed by atoms with van der Waals surface area (Å²) in [6.45, 7) is 3.91. The third kappa shape index (κ3) is 8.15. The van der Waals surface area contributed by atoms with Crippen LogP contribution in [0.3, 0.4) is 0 Å². The molecule has 0 amide bonds. The first kappa shape index (κ1) is 24.6. The van der Waals surface area contributed by atoms with Crippen LogP contribution in [0.2, 0.25) is 6.04 Å². The molecule has 31 heavy (non-hydrogen) atoms. The second-order valence-corrected chi connectivity index (χ2v) is 10.1. The smallest absolute Gasteiger partial charge is 0.455 e. The van der Waals surface area contributed by atoms with E-state index in [-0.39, 0.29) is 12.1 Å². The Kier molecular flexibility index (Phi) is 9.21. The van der Waals surface area contributed by atoms with Gasteiger partial charge in [0.05, 0.1) is 23.8 Å². The molecule has 9 heteroatoms. The van der Waals surface area contributed by atoms with Gasteiger partial charge >= 0.3 is 8.80 Å². The van der Waals surface area contributed by atoms with Crippen LogP contribution in [0, 0.1) is 11.3 Å². The molecule has 0 atom stereocenters. The molecule has 1 aromatic rings. The van der Waals surface area contributed by atoms with Crippen molar-refractivity contribution in [3.8, 4) is 6.07 Å². The van der Waals surface area contributed by atoms with Crippen LogP contribution >= 0.6 is 0 Å². The predicted octanol–water partition coefficient (Wildman–Crippen LogP) is 3.62. The Bertz CT molecular complexity index is 769. The fourth-order valence-corrected chi connectivity index (χ4v) is 6.13. The van der Waals surface area contributed by atoms with Crippen molar-refractivity contribution in [1.29, 1.82) is 5.26 Å². The van der Waals surface area contributed by atoms with E-state index in [1.807, 2.05) is 24.3 Å². The molecule has 1 aliphatic carbocycles. The highest BCUT2D eigenvalue weighted by atomic mass is 28.4. The van der Waals surface area contributed by atoms with Gasteiger partial charge in [-0.05, 0) is 55.7 Å². The summed E-state index contributed by atoms with van der Waals surface area (Å²) >= 11 is 0. The summed E-state index contributed by atoms with van der Waals surface area (Å²) in [4.78, 5) is 34.4. The van der Waals surface area contributed by atoms with E-state index in [1.165, 1.54) is 26.3 Å². The molecule has 2 rings (SSSR count). The van der Waals surface area contributed by atoms with Gasteiger partial charge in [0.15, 0.2) is 0 Å². The van der Waals surface area contributed by atoms with Crippen molar-refractivity contribution in [1.82, 2.24) is 0 Å². The second-order valence-electron chi connectivity index (χ2n) is 7.65. The largest absolute Gasteiger partial charge is 0.705 e. The van der Waals surface area contributed by atoms with Crippen molar-refractivity contribution in [3.63, 3.8) is 0 Å². The maximum atomic E-state index is 11.5. The van der Waals surface area contributed by atoms with E-state index in [1.54, 1.807) is 0 Å². The normalized spacial score (nSPS) is 18.5. The lowest BCUT2D eigenvalue weighted by Crippen LogP contribution is -2.49. The minimum atomic E-state index is -3.79. The quantitative estimate of drug-likeness (QED) is 0.417. The van der Waals surface area contributed by atoms with E-state index in [9.17, 15) is 14.4 Å². The van der Waals surface area contributed by atoms with Crippen LogP contribution in [-0.4, -0.2) is 39.4 Å². The molecule has 8 nitrogen and oxygen atoms in total. The Morgan fingerprint density at radius 1 is 0.935 bits per heavy atom. The number of ether oxygens (including phenoxy) is 1. The zero-order valence-electron chi connectivity index (χ0n) is 18.2. The average Bonchev–Trinajstić information content (AvgIpc) is 2.70. The minimum Gasteiger partial charge on any atom is -0.455 e. The van der Waals surface area contributed by atoms with Crippen LogP contribution in [0.5, 0.6) is 0 Å². The van der Waals surface area contributed by atoms with Crippen molar-refractivity contribution in [3.05, 3.63) is 35.4 Å². The van der Waals surface area contributed by atoms with E-state index in [0.29, 0.717) is 24.5 Å². The molecule has 1 saturated carbocycles. The van der Waals surface area contributed by atoms with Crippen LogP contribution in [0.1, 0.15) is 69.9 Å². The number of nitriles is 1. The van der Waals surface area contributed by atoms with Crippen molar-refractivity contribution in [2.45, 2.75) is 70.9 Å². The third-order valence-electron chi connectivity index (χ3n) is 5.06. The van der Waals surface area contributed by atoms with Crippen LogP contribution in [0.25, 0.3) is 0 Å². The summed E-state index contributed by atoms with van der Waals surface area (Å²) in [6.07, 6.45) is 4.40. The van der Waals surface area contributed by atoms with E-state index in [2.05, 4.69) is 6.07 Å². The van der Waals surface area contributed by atoms with Gasteiger partial charge in [0.2, 0.25) is 0 Å². The Morgan fingerprint density at radius 3 is 1.90 bits per heavy atom. The van der Waals surface area contributed by atoms with Gasteiger partial charge in [0.1, 0.15) is 0 Å². The van der Waals surface area contributed by atoms with Crippen molar-refractivity contribution < 1.29 is 32.4 Å². The second kappa shape index (κ2) is 11.6. The van der Waals surface area contributed by atoms with E-state index < -0.39 is 26.7 Å². The predicted molar refractivity (Wildman–Crippen MR) is 113 cm³/mol. The average molecular weight is 448 g/mol. The molecular weight excluding hydrogens is 418 g/mol. The molecule has 0 aliphatic heterocycles. The molecule has 0 heterocycles. The summed E-state index contributed by atoms with van der Waals surface area (Å²) < 4.78 is 21.5. The molecule has 0 aromatic heterocycles. The van der Waals surface area contributed by atoms with E-state index in [4.69, 9.17) is 23.3 Å². The van der Waals surface area contributed by atoms with Crippen molar-refractivity contribution in [2.24, 2.45) is 0 Å². The molecule has 0 spiro atoms. The Morgan fingerprint density at radius 2 is 1.45 bits per heavy atom. The molecule has 0 N–H and O–H groups in total. The fourth-order valence-electron chi connectivity index (χ4n) is 3.80. The van der Waals surface area contributed by atoms with Gasteiger partial charge in [0.25, 0.3) is 17.9 Å². The Balaban J connectivity index is 1.82. The summed E-state index contributed by atoms with van der Waals surface area (Å²) in [5, 5.41) is 8.92. The number of nitrogens with zero attached hydrogens (tertiary/aromatic N) is 1. The van der Waals surface area contributed by atoms with Crippen LogP contribution in [0.15, 0.2) is 24.3 Å². The number of carbonyl (C=O) groups is 3. The number of rotatable bonds is 9. The van der Waals surface area contributed by atoms with Crippen LogP contribution < -0.4 is 0 Å². The highest BCUT2D eigenvalue weighted by molar-refractivity contribution is 6.65. The first-order chi connectivity index (χ1) is 14.7.